The summed E-state index contributed by atoms with van der Waals surface area (Å²) in [6.07, 6.45) is 1.42. The molecule has 0 amide bonds. The molecule has 0 N–H and O–H groups in total. The summed E-state index contributed by atoms with van der Waals surface area (Å²) >= 11 is 0. The van der Waals surface area contributed by atoms with Crippen molar-refractivity contribution in [2.75, 3.05) is 45.2 Å². The van der Waals surface area contributed by atoms with Gasteiger partial charge in [-0.25, -0.2) is 0 Å². The highest BCUT2D eigenvalue weighted by Gasteiger charge is 2.20. The highest BCUT2D eigenvalue weighted by Crippen LogP contribution is 2.19. The fourth-order valence-electron chi connectivity index (χ4n) is 2.41. The minimum Gasteiger partial charge on any atom is -0.373 e. The number of hydrogen-bond acceptors (Lipinski definition) is 3. The Morgan fingerprint density at radius 3 is 2.61 bits per heavy atom. The van der Waals surface area contributed by atoms with E-state index in [2.05, 4.69) is 55.1 Å². The zero-order valence-corrected chi connectivity index (χ0v) is 11.7. The number of ether oxygens (including phenoxy) is 1. The molecule has 0 aliphatic carbocycles. The molecule has 1 aliphatic rings. The SMILES string of the molecule is CCc1ccc(N2CCOC(CN(C)C)C2)cc1. The average molecular weight is 248 g/mol. The van der Waals surface area contributed by atoms with E-state index in [4.69, 9.17) is 4.74 Å². The first kappa shape index (κ1) is 13.4. The van der Waals surface area contributed by atoms with Gasteiger partial charge < -0.3 is 14.5 Å². The highest BCUT2D eigenvalue weighted by molar-refractivity contribution is 5.48. The lowest BCUT2D eigenvalue weighted by atomic mass is 10.1. The zero-order valence-electron chi connectivity index (χ0n) is 11.7. The smallest absolute Gasteiger partial charge is 0.0877 e. The second kappa shape index (κ2) is 6.21. The molecular formula is C15H24N2O. The Hall–Kier alpha value is -1.06. The van der Waals surface area contributed by atoms with E-state index in [0.29, 0.717) is 6.10 Å². The van der Waals surface area contributed by atoms with Gasteiger partial charge in [0, 0.05) is 25.3 Å². The normalized spacial score (nSPS) is 20.4. The third-order valence-electron chi connectivity index (χ3n) is 3.42. The number of rotatable bonds is 4. The second-order valence-electron chi connectivity index (χ2n) is 5.22. The van der Waals surface area contributed by atoms with Crippen LogP contribution in [-0.4, -0.2) is 51.3 Å². The van der Waals surface area contributed by atoms with Gasteiger partial charge in [0.25, 0.3) is 0 Å². The van der Waals surface area contributed by atoms with E-state index in [1.807, 2.05) is 0 Å². The maximum atomic E-state index is 5.80. The van der Waals surface area contributed by atoms with Gasteiger partial charge in [0.05, 0.1) is 12.7 Å². The van der Waals surface area contributed by atoms with Gasteiger partial charge in [-0.2, -0.15) is 0 Å². The summed E-state index contributed by atoms with van der Waals surface area (Å²) in [4.78, 5) is 4.62. The van der Waals surface area contributed by atoms with Gasteiger partial charge in [-0.3, -0.25) is 0 Å². The number of aryl methyl sites for hydroxylation is 1. The maximum absolute atomic E-state index is 5.80. The lowest BCUT2D eigenvalue weighted by Crippen LogP contribution is -2.46. The number of benzene rings is 1. The predicted molar refractivity (Wildman–Crippen MR) is 76.3 cm³/mol. The quantitative estimate of drug-likeness (QED) is 0.811. The van der Waals surface area contributed by atoms with Crippen LogP contribution in [0.4, 0.5) is 5.69 Å². The zero-order chi connectivity index (χ0) is 13.0. The molecule has 1 unspecified atom stereocenters. The van der Waals surface area contributed by atoms with Crippen molar-refractivity contribution in [3.8, 4) is 0 Å². The molecule has 1 aromatic carbocycles. The van der Waals surface area contributed by atoms with Gasteiger partial charge in [0.1, 0.15) is 0 Å². The summed E-state index contributed by atoms with van der Waals surface area (Å²) in [5.74, 6) is 0. The van der Waals surface area contributed by atoms with E-state index < -0.39 is 0 Å². The van der Waals surface area contributed by atoms with Crippen molar-refractivity contribution in [2.24, 2.45) is 0 Å². The molecule has 1 fully saturated rings. The Bertz CT molecular complexity index is 361. The summed E-state index contributed by atoms with van der Waals surface area (Å²) in [6, 6.07) is 8.92. The monoisotopic (exact) mass is 248 g/mol. The molecular weight excluding hydrogens is 224 g/mol. The highest BCUT2D eigenvalue weighted by atomic mass is 16.5. The van der Waals surface area contributed by atoms with Crippen molar-refractivity contribution in [1.82, 2.24) is 4.90 Å². The van der Waals surface area contributed by atoms with Crippen molar-refractivity contribution >= 4 is 5.69 Å². The predicted octanol–water partition coefficient (Wildman–Crippen LogP) is 2.02. The molecule has 1 atom stereocenters. The van der Waals surface area contributed by atoms with E-state index >= 15 is 0 Å². The van der Waals surface area contributed by atoms with E-state index in [0.717, 1.165) is 32.7 Å². The Balaban J connectivity index is 1.98. The lowest BCUT2D eigenvalue weighted by Gasteiger charge is -2.35. The van der Waals surface area contributed by atoms with Crippen LogP contribution in [0.15, 0.2) is 24.3 Å². The van der Waals surface area contributed by atoms with Crippen LogP contribution in [0, 0.1) is 0 Å². The number of likely N-dealkylation sites (N-methyl/N-ethyl adjacent to an activating group) is 1. The van der Waals surface area contributed by atoms with Gasteiger partial charge in [-0.1, -0.05) is 19.1 Å². The standard InChI is InChI=1S/C15H24N2O/c1-4-13-5-7-14(8-6-13)17-9-10-18-15(12-17)11-16(2)3/h5-8,15H,4,9-12H2,1-3H3. The van der Waals surface area contributed by atoms with Crippen LogP contribution in [0.1, 0.15) is 12.5 Å². The topological polar surface area (TPSA) is 15.7 Å². The third kappa shape index (κ3) is 3.47. The second-order valence-corrected chi connectivity index (χ2v) is 5.22. The Morgan fingerprint density at radius 2 is 2.00 bits per heavy atom. The van der Waals surface area contributed by atoms with E-state index in [9.17, 15) is 0 Å². The van der Waals surface area contributed by atoms with Crippen LogP contribution in [-0.2, 0) is 11.2 Å². The Morgan fingerprint density at radius 1 is 1.28 bits per heavy atom. The summed E-state index contributed by atoms with van der Waals surface area (Å²) in [6.45, 7) is 5.99. The van der Waals surface area contributed by atoms with Crippen LogP contribution in [0.3, 0.4) is 0 Å². The molecule has 100 valence electrons. The van der Waals surface area contributed by atoms with Crippen LogP contribution < -0.4 is 4.90 Å². The van der Waals surface area contributed by atoms with Crippen LogP contribution in [0.25, 0.3) is 0 Å². The summed E-state index contributed by atoms with van der Waals surface area (Å²) in [5, 5.41) is 0. The fourth-order valence-corrected chi connectivity index (χ4v) is 2.41. The summed E-state index contributed by atoms with van der Waals surface area (Å²) in [5.41, 5.74) is 2.72. The molecule has 18 heavy (non-hydrogen) atoms. The van der Waals surface area contributed by atoms with E-state index in [-0.39, 0.29) is 0 Å². The fraction of sp³-hybridized carbons (Fsp3) is 0.600. The molecule has 3 nitrogen and oxygen atoms in total. The van der Waals surface area contributed by atoms with Crippen LogP contribution >= 0.6 is 0 Å². The minimum atomic E-state index is 0.319. The maximum Gasteiger partial charge on any atom is 0.0877 e. The molecule has 2 rings (SSSR count). The molecule has 1 aromatic rings. The lowest BCUT2D eigenvalue weighted by molar-refractivity contribution is 0.0248. The van der Waals surface area contributed by atoms with Gasteiger partial charge >= 0.3 is 0 Å². The number of morpholine rings is 1. The van der Waals surface area contributed by atoms with Gasteiger partial charge in [-0.15, -0.1) is 0 Å². The first-order valence-corrected chi connectivity index (χ1v) is 6.79. The molecule has 0 radical (unpaired) electrons. The number of anilines is 1. The molecule has 0 spiro atoms. The molecule has 0 saturated carbocycles. The number of hydrogen-bond donors (Lipinski definition) is 0. The van der Waals surface area contributed by atoms with Crippen molar-refractivity contribution in [1.29, 1.82) is 0 Å². The van der Waals surface area contributed by atoms with Gasteiger partial charge in [-0.05, 0) is 38.2 Å². The van der Waals surface area contributed by atoms with Gasteiger partial charge in [0.15, 0.2) is 0 Å². The molecule has 1 aliphatic heterocycles. The van der Waals surface area contributed by atoms with Crippen molar-refractivity contribution in [3.63, 3.8) is 0 Å². The van der Waals surface area contributed by atoms with E-state index in [1.54, 1.807) is 0 Å². The molecule has 1 heterocycles. The molecule has 0 aromatic heterocycles. The van der Waals surface area contributed by atoms with Crippen molar-refractivity contribution in [2.45, 2.75) is 19.4 Å². The molecule has 1 saturated heterocycles. The average Bonchev–Trinajstić information content (AvgIpc) is 2.38. The molecule has 0 bridgehead atoms. The van der Waals surface area contributed by atoms with Gasteiger partial charge in [0.2, 0.25) is 0 Å². The van der Waals surface area contributed by atoms with Crippen molar-refractivity contribution < 1.29 is 4.74 Å². The van der Waals surface area contributed by atoms with Crippen molar-refractivity contribution in [3.05, 3.63) is 29.8 Å². The summed E-state index contributed by atoms with van der Waals surface area (Å²) in [7, 11) is 4.19. The first-order chi connectivity index (χ1) is 8.69. The third-order valence-corrected chi connectivity index (χ3v) is 3.42. The summed E-state index contributed by atoms with van der Waals surface area (Å²) < 4.78 is 5.80. The van der Waals surface area contributed by atoms with E-state index in [1.165, 1.54) is 11.3 Å². The Kier molecular flexibility index (Phi) is 4.61. The first-order valence-electron chi connectivity index (χ1n) is 6.79. The largest absolute Gasteiger partial charge is 0.373 e. The van der Waals surface area contributed by atoms with Crippen LogP contribution in [0.2, 0.25) is 0 Å². The molecule has 3 heteroatoms. The minimum absolute atomic E-state index is 0.319. The Labute approximate surface area is 110 Å². The number of nitrogens with zero attached hydrogens (tertiary/aromatic N) is 2. The van der Waals surface area contributed by atoms with Crippen LogP contribution in [0.5, 0.6) is 0 Å².